The van der Waals surface area contributed by atoms with E-state index in [0.29, 0.717) is 17.4 Å². The zero-order chi connectivity index (χ0) is 63.5. The fourth-order valence-electron chi connectivity index (χ4n) is 10.9. The van der Waals surface area contributed by atoms with Crippen LogP contribution in [0.2, 0.25) is 0 Å². The topological polar surface area (TPSA) is 114 Å². The second kappa shape index (κ2) is 66.4. The Morgan fingerprint density at radius 2 is 0.701 bits per heavy atom. The number of hydrogen-bond acceptors (Lipinski definition) is 7. The van der Waals surface area contributed by atoms with Crippen molar-refractivity contribution in [1.82, 2.24) is 5.32 Å². The van der Waals surface area contributed by atoms with E-state index in [1.807, 2.05) is 33.3 Å². The zero-order valence-electron chi connectivity index (χ0n) is 58.2. The van der Waals surface area contributed by atoms with Gasteiger partial charge in [0, 0.05) is 12.8 Å². The monoisotopic (exact) mass is 1240 g/mol. The summed E-state index contributed by atoms with van der Waals surface area (Å²) in [6.07, 6.45) is 87.5. The van der Waals surface area contributed by atoms with Crippen molar-refractivity contribution in [2.75, 3.05) is 40.9 Å². The lowest BCUT2D eigenvalue weighted by atomic mass is 10.0. The fourth-order valence-corrected chi connectivity index (χ4v) is 11.6. The number of nitrogens with zero attached hydrogens (tertiary/aromatic N) is 1. The average molecular weight is 1240 g/mol. The SMILES string of the molecule is CCCCC/C=C\C/C=C\C/C=C\CCCCCCCCCCCCC(=O)OC(/C=C\CCCCCCCCCCC)C(COP(=O)([O-])OCC[N+](C)(C)C)NC(=O)CCCCCCCCCCCCCCCCCCC/C=C\C/C=C\CCCCC. The molecule has 3 unspecified atom stereocenters. The van der Waals surface area contributed by atoms with Crippen molar-refractivity contribution in [2.45, 2.75) is 367 Å². The molecule has 0 heterocycles. The Balaban J connectivity index is 4.94. The van der Waals surface area contributed by atoms with Crippen LogP contribution in [0, 0.1) is 0 Å². The average Bonchev–Trinajstić information content (AvgIpc) is 3.70. The highest BCUT2D eigenvalue weighted by Crippen LogP contribution is 2.38. The second-order valence-corrected chi connectivity index (χ2v) is 27.9. The molecule has 0 aliphatic carbocycles. The maximum absolute atomic E-state index is 13.6. The summed E-state index contributed by atoms with van der Waals surface area (Å²) in [6.45, 7) is 6.83. The quantitative estimate of drug-likeness (QED) is 0.0212. The number of phosphoric acid groups is 1. The Bertz CT molecular complexity index is 1720. The van der Waals surface area contributed by atoms with Gasteiger partial charge >= 0.3 is 5.97 Å². The number of quaternary nitrogens is 1. The highest BCUT2D eigenvalue weighted by atomic mass is 31.2. The predicted molar refractivity (Wildman–Crippen MR) is 376 cm³/mol. The number of amides is 1. The minimum Gasteiger partial charge on any atom is -0.756 e. The van der Waals surface area contributed by atoms with Crippen LogP contribution < -0.4 is 10.2 Å². The molecule has 3 atom stereocenters. The summed E-state index contributed by atoms with van der Waals surface area (Å²) in [4.78, 5) is 40.2. The van der Waals surface area contributed by atoms with Gasteiger partial charge in [-0.3, -0.25) is 14.2 Å². The summed E-state index contributed by atoms with van der Waals surface area (Å²) < 4.78 is 30.5. The van der Waals surface area contributed by atoms with Crippen molar-refractivity contribution in [3.63, 3.8) is 0 Å². The standard InChI is InChI=1S/C77H143N2O7P/c1-7-10-13-16-19-22-25-27-29-31-33-35-37-38-39-40-42-43-45-47-49-51-54-57-60-63-66-69-76(80)78-74(73-85-87(82,83)84-72-71-79(4,5)6)75(68-65-62-59-56-53-24-21-18-15-12-9-3)86-77(81)70-67-64-61-58-55-52-50-48-46-44-41-36-34-32-30-28-26-23-20-17-14-11-8-2/h19-20,22-23,27-30,34,36,65,68,74-75H,7-18,21,24-26,31-33,35,37-64,66-67,69-73H2,1-6H3,(H-,78,80,82,83)/b22-19-,23-20-,29-27-,30-28-,36-34-,68-65-. The molecule has 508 valence electrons. The molecule has 10 heteroatoms. The first-order chi connectivity index (χ1) is 42.4. The van der Waals surface area contributed by atoms with Gasteiger partial charge in [0.1, 0.15) is 19.3 Å². The number of allylic oxidation sites excluding steroid dienone is 11. The van der Waals surface area contributed by atoms with Crippen LogP contribution in [0.4, 0.5) is 0 Å². The summed E-state index contributed by atoms with van der Waals surface area (Å²) in [7, 11) is 1.19. The third-order valence-electron chi connectivity index (χ3n) is 16.6. The van der Waals surface area contributed by atoms with Crippen molar-refractivity contribution >= 4 is 19.7 Å². The summed E-state index contributed by atoms with van der Waals surface area (Å²) >= 11 is 0. The molecular formula is C77H143N2O7P. The maximum atomic E-state index is 13.6. The van der Waals surface area contributed by atoms with E-state index in [2.05, 4.69) is 86.8 Å². The number of esters is 1. The predicted octanol–water partition coefficient (Wildman–Crippen LogP) is 23.3. The summed E-state index contributed by atoms with van der Waals surface area (Å²) in [6, 6.07) is -0.892. The highest BCUT2D eigenvalue weighted by molar-refractivity contribution is 7.45. The smallest absolute Gasteiger partial charge is 0.306 e. The van der Waals surface area contributed by atoms with Crippen LogP contribution in [0.3, 0.4) is 0 Å². The van der Waals surface area contributed by atoms with Crippen molar-refractivity contribution in [3.8, 4) is 0 Å². The minimum atomic E-state index is -4.71. The lowest BCUT2D eigenvalue weighted by molar-refractivity contribution is -0.870. The first-order valence-electron chi connectivity index (χ1n) is 37.2. The molecule has 1 amide bonds. The van der Waals surface area contributed by atoms with E-state index >= 15 is 0 Å². The third kappa shape index (κ3) is 67.7. The molecule has 0 bridgehead atoms. The first kappa shape index (κ1) is 84.5. The molecule has 0 spiro atoms. The highest BCUT2D eigenvalue weighted by Gasteiger charge is 2.27. The van der Waals surface area contributed by atoms with Crippen LogP contribution >= 0.6 is 7.82 Å². The molecule has 0 aromatic carbocycles. The fraction of sp³-hybridized carbons (Fsp3) is 0.818. The Morgan fingerprint density at radius 3 is 1.07 bits per heavy atom. The minimum absolute atomic E-state index is 0.0233. The molecule has 0 rings (SSSR count). The summed E-state index contributed by atoms with van der Waals surface area (Å²) in [5.74, 6) is -0.534. The lowest BCUT2D eigenvalue weighted by Crippen LogP contribution is -2.47. The number of likely N-dealkylation sites (N-methyl/N-ethyl adjacent to an activating group) is 1. The second-order valence-electron chi connectivity index (χ2n) is 26.4. The Kier molecular flexibility index (Phi) is 64.4. The van der Waals surface area contributed by atoms with Crippen LogP contribution in [0.1, 0.15) is 355 Å². The number of unbranched alkanes of at least 4 members (excludes halogenated alkanes) is 42. The van der Waals surface area contributed by atoms with E-state index in [4.69, 9.17) is 13.8 Å². The third-order valence-corrected chi connectivity index (χ3v) is 17.6. The van der Waals surface area contributed by atoms with Gasteiger partial charge in [-0.05, 0) is 102 Å². The lowest BCUT2D eigenvalue weighted by Gasteiger charge is -2.30. The van der Waals surface area contributed by atoms with Crippen LogP contribution in [0.25, 0.3) is 0 Å². The van der Waals surface area contributed by atoms with E-state index in [0.717, 1.165) is 77.0 Å². The van der Waals surface area contributed by atoms with Crippen LogP contribution in [-0.4, -0.2) is 69.4 Å². The van der Waals surface area contributed by atoms with Gasteiger partial charge in [0.2, 0.25) is 5.91 Å². The number of ether oxygens (including phenoxy) is 1. The molecule has 0 aromatic heterocycles. The molecule has 0 radical (unpaired) electrons. The molecule has 1 N–H and O–H groups in total. The first-order valence-corrected chi connectivity index (χ1v) is 38.7. The maximum Gasteiger partial charge on any atom is 0.306 e. The number of hydrogen-bond donors (Lipinski definition) is 1. The van der Waals surface area contributed by atoms with Crippen LogP contribution in [0.15, 0.2) is 72.9 Å². The molecule has 0 aromatic rings. The molecular weight excluding hydrogens is 1100 g/mol. The van der Waals surface area contributed by atoms with Crippen molar-refractivity contribution < 1.29 is 37.3 Å². The number of nitrogens with one attached hydrogen (secondary N) is 1. The molecule has 9 nitrogen and oxygen atoms in total. The largest absolute Gasteiger partial charge is 0.756 e. The molecule has 0 saturated carbocycles. The van der Waals surface area contributed by atoms with Crippen molar-refractivity contribution in [3.05, 3.63) is 72.9 Å². The van der Waals surface area contributed by atoms with E-state index in [1.165, 1.54) is 244 Å². The number of carbonyl (C=O) groups is 2. The Hall–Kier alpha value is -2.55. The summed E-state index contributed by atoms with van der Waals surface area (Å²) in [5.41, 5.74) is 0. The van der Waals surface area contributed by atoms with E-state index in [9.17, 15) is 19.0 Å². The molecule has 87 heavy (non-hydrogen) atoms. The normalized spacial score (nSPS) is 13.9. The van der Waals surface area contributed by atoms with Gasteiger partial charge in [-0.25, -0.2) is 0 Å². The number of phosphoric ester groups is 1. The summed E-state index contributed by atoms with van der Waals surface area (Å²) in [5, 5.41) is 3.05. The zero-order valence-corrected chi connectivity index (χ0v) is 59.1. The van der Waals surface area contributed by atoms with E-state index in [-0.39, 0.29) is 31.5 Å². The van der Waals surface area contributed by atoms with Gasteiger partial charge in [-0.15, -0.1) is 0 Å². The molecule has 0 saturated heterocycles. The van der Waals surface area contributed by atoms with Gasteiger partial charge < -0.3 is 28.5 Å². The molecule has 0 fully saturated rings. The van der Waals surface area contributed by atoms with E-state index in [1.54, 1.807) is 0 Å². The van der Waals surface area contributed by atoms with Crippen LogP contribution in [-0.2, 0) is 27.9 Å². The van der Waals surface area contributed by atoms with Gasteiger partial charge in [-0.2, -0.15) is 0 Å². The van der Waals surface area contributed by atoms with Gasteiger partial charge in [0.25, 0.3) is 7.82 Å². The Morgan fingerprint density at radius 1 is 0.402 bits per heavy atom. The van der Waals surface area contributed by atoms with Crippen molar-refractivity contribution in [1.29, 1.82) is 0 Å². The van der Waals surface area contributed by atoms with E-state index < -0.39 is 20.0 Å². The number of carbonyl (C=O) groups excluding carboxylic acids is 2. The Labute approximate surface area is 540 Å². The van der Waals surface area contributed by atoms with Gasteiger partial charge in [-0.1, -0.05) is 312 Å². The van der Waals surface area contributed by atoms with Crippen LogP contribution in [0.5, 0.6) is 0 Å². The number of rotatable bonds is 68. The van der Waals surface area contributed by atoms with Gasteiger partial charge in [0.05, 0.1) is 33.8 Å². The van der Waals surface area contributed by atoms with Crippen molar-refractivity contribution in [2.24, 2.45) is 0 Å². The van der Waals surface area contributed by atoms with Gasteiger partial charge in [0.15, 0.2) is 0 Å². The molecule has 0 aliphatic rings. The molecule has 0 aliphatic heterocycles.